The van der Waals surface area contributed by atoms with E-state index in [1.807, 2.05) is 24.0 Å². The fourth-order valence-corrected chi connectivity index (χ4v) is 3.58. The second-order valence-corrected chi connectivity index (χ2v) is 6.67. The summed E-state index contributed by atoms with van der Waals surface area (Å²) in [7, 11) is 0. The van der Waals surface area contributed by atoms with Gasteiger partial charge in [-0.1, -0.05) is 24.3 Å². The number of carbonyl (C=O) groups is 1. The standard InChI is InChI=1S/C19H21N3O/c1-12-17(15-7-8-15)11-18(21-20-12)19(23)22-10-9-14-5-3-4-6-16(14)13(22)2/h3-6,11,13,15H,7-10H2,1-2H3. The number of aryl methyl sites for hydroxylation is 1. The molecule has 2 aromatic rings. The summed E-state index contributed by atoms with van der Waals surface area (Å²) in [6.07, 6.45) is 3.31. The van der Waals surface area contributed by atoms with Gasteiger partial charge in [0.2, 0.25) is 0 Å². The van der Waals surface area contributed by atoms with Gasteiger partial charge in [-0.3, -0.25) is 4.79 Å². The predicted molar refractivity (Wildman–Crippen MR) is 88.3 cm³/mol. The van der Waals surface area contributed by atoms with Gasteiger partial charge in [0.15, 0.2) is 5.69 Å². The Bertz CT molecular complexity index is 767. The summed E-state index contributed by atoms with van der Waals surface area (Å²) in [5.41, 5.74) is 5.24. The maximum absolute atomic E-state index is 12.9. The van der Waals surface area contributed by atoms with E-state index < -0.39 is 0 Å². The monoisotopic (exact) mass is 307 g/mol. The van der Waals surface area contributed by atoms with E-state index in [0.29, 0.717) is 11.6 Å². The van der Waals surface area contributed by atoms with Crippen LogP contribution >= 0.6 is 0 Å². The molecule has 0 saturated heterocycles. The Morgan fingerprint density at radius 3 is 2.74 bits per heavy atom. The summed E-state index contributed by atoms with van der Waals surface area (Å²) in [4.78, 5) is 14.9. The Morgan fingerprint density at radius 2 is 1.96 bits per heavy atom. The van der Waals surface area contributed by atoms with E-state index >= 15 is 0 Å². The summed E-state index contributed by atoms with van der Waals surface area (Å²) >= 11 is 0. The normalized spacial score (nSPS) is 20.3. The highest BCUT2D eigenvalue weighted by molar-refractivity contribution is 5.93. The van der Waals surface area contributed by atoms with Crippen LogP contribution in [0.15, 0.2) is 30.3 Å². The van der Waals surface area contributed by atoms with Gasteiger partial charge in [-0.25, -0.2) is 0 Å². The molecule has 1 aliphatic heterocycles. The van der Waals surface area contributed by atoms with E-state index in [2.05, 4.69) is 35.3 Å². The van der Waals surface area contributed by atoms with Crippen LogP contribution in [-0.4, -0.2) is 27.5 Å². The van der Waals surface area contributed by atoms with E-state index in [0.717, 1.165) is 18.7 Å². The van der Waals surface area contributed by atoms with Crippen LogP contribution < -0.4 is 0 Å². The number of rotatable bonds is 2. The maximum atomic E-state index is 12.9. The van der Waals surface area contributed by atoms with Crippen LogP contribution in [0.2, 0.25) is 0 Å². The molecule has 2 aliphatic rings. The average Bonchev–Trinajstić information content (AvgIpc) is 3.40. The van der Waals surface area contributed by atoms with Crippen LogP contribution in [0.1, 0.15) is 64.6 Å². The van der Waals surface area contributed by atoms with Crippen molar-refractivity contribution in [3.63, 3.8) is 0 Å². The molecule has 1 saturated carbocycles. The van der Waals surface area contributed by atoms with Gasteiger partial charge in [0.25, 0.3) is 5.91 Å². The fourth-order valence-electron chi connectivity index (χ4n) is 3.58. The largest absolute Gasteiger partial charge is 0.330 e. The summed E-state index contributed by atoms with van der Waals surface area (Å²) < 4.78 is 0. The van der Waals surface area contributed by atoms with Gasteiger partial charge in [0, 0.05) is 6.54 Å². The molecule has 118 valence electrons. The first-order valence-electron chi connectivity index (χ1n) is 8.38. The molecule has 1 amide bonds. The molecular formula is C19H21N3O. The SMILES string of the molecule is Cc1nnc(C(=O)N2CCc3ccccc3C2C)cc1C1CC1. The summed E-state index contributed by atoms with van der Waals surface area (Å²) in [6, 6.07) is 10.4. The lowest BCUT2D eigenvalue weighted by molar-refractivity contribution is 0.0670. The molecule has 1 aromatic heterocycles. The first-order chi connectivity index (χ1) is 11.1. The molecule has 1 aromatic carbocycles. The molecule has 4 nitrogen and oxygen atoms in total. The van der Waals surface area contributed by atoms with Crippen molar-refractivity contribution in [2.45, 2.75) is 45.1 Å². The zero-order chi connectivity index (χ0) is 16.0. The fraction of sp³-hybridized carbons (Fsp3) is 0.421. The van der Waals surface area contributed by atoms with Crippen LogP contribution in [0.3, 0.4) is 0 Å². The zero-order valence-corrected chi connectivity index (χ0v) is 13.6. The summed E-state index contributed by atoms with van der Waals surface area (Å²) in [5.74, 6) is 0.581. The third-order valence-electron chi connectivity index (χ3n) is 5.11. The lowest BCUT2D eigenvalue weighted by Gasteiger charge is -2.35. The third-order valence-corrected chi connectivity index (χ3v) is 5.11. The molecule has 0 bridgehead atoms. The third kappa shape index (κ3) is 2.52. The number of hydrogen-bond acceptors (Lipinski definition) is 3. The Kier molecular flexibility index (Phi) is 3.40. The lowest BCUT2D eigenvalue weighted by Crippen LogP contribution is -2.39. The molecule has 1 atom stereocenters. The molecule has 4 rings (SSSR count). The van der Waals surface area contributed by atoms with E-state index in [1.165, 1.54) is 29.5 Å². The topological polar surface area (TPSA) is 46.1 Å². The first-order valence-corrected chi connectivity index (χ1v) is 8.38. The summed E-state index contributed by atoms with van der Waals surface area (Å²) in [5, 5.41) is 8.40. The van der Waals surface area contributed by atoms with Gasteiger partial charge in [0.1, 0.15) is 0 Å². The minimum absolute atomic E-state index is 0.00130. The van der Waals surface area contributed by atoms with Gasteiger partial charge in [0.05, 0.1) is 11.7 Å². The van der Waals surface area contributed by atoms with Crippen molar-refractivity contribution in [1.82, 2.24) is 15.1 Å². The van der Waals surface area contributed by atoms with Crippen LogP contribution in [0.4, 0.5) is 0 Å². The quantitative estimate of drug-likeness (QED) is 0.854. The zero-order valence-electron chi connectivity index (χ0n) is 13.6. The Morgan fingerprint density at radius 1 is 1.17 bits per heavy atom. The van der Waals surface area contributed by atoms with Gasteiger partial charge in [-0.2, -0.15) is 5.10 Å². The molecular weight excluding hydrogens is 286 g/mol. The number of nitrogens with zero attached hydrogens (tertiary/aromatic N) is 3. The van der Waals surface area contributed by atoms with Crippen LogP contribution in [0.25, 0.3) is 0 Å². The van der Waals surface area contributed by atoms with E-state index in [1.54, 1.807) is 0 Å². The average molecular weight is 307 g/mol. The number of aromatic nitrogens is 2. The summed E-state index contributed by atoms with van der Waals surface area (Å²) in [6.45, 7) is 4.82. The number of hydrogen-bond donors (Lipinski definition) is 0. The second kappa shape index (κ2) is 5.44. The Balaban J connectivity index is 1.64. The van der Waals surface area contributed by atoms with Crippen molar-refractivity contribution in [3.05, 3.63) is 58.4 Å². The van der Waals surface area contributed by atoms with Gasteiger partial charge >= 0.3 is 0 Å². The Labute approximate surface area is 136 Å². The number of amides is 1. The van der Waals surface area contributed by atoms with Gasteiger partial charge in [-0.05, 0) is 61.8 Å². The molecule has 0 spiro atoms. The highest BCUT2D eigenvalue weighted by Gasteiger charge is 2.31. The first kappa shape index (κ1) is 14.4. The van der Waals surface area contributed by atoms with E-state index in [9.17, 15) is 4.79 Å². The number of fused-ring (bicyclic) bond motifs is 1. The van der Waals surface area contributed by atoms with E-state index in [-0.39, 0.29) is 11.9 Å². The molecule has 0 N–H and O–H groups in total. The number of benzene rings is 1. The van der Waals surface area contributed by atoms with Crippen molar-refractivity contribution in [2.75, 3.05) is 6.54 Å². The van der Waals surface area contributed by atoms with Gasteiger partial charge in [-0.15, -0.1) is 5.10 Å². The Hall–Kier alpha value is -2.23. The smallest absolute Gasteiger partial charge is 0.274 e. The van der Waals surface area contributed by atoms with Crippen molar-refractivity contribution in [1.29, 1.82) is 0 Å². The highest BCUT2D eigenvalue weighted by Crippen LogP contribution is 2.41. The van der Waals surface area contributed by atoms with Crippen molar-refractivity contribution in [2.24, 2.45) is 0 Å². The highest BCUT2D eigenvalue weighted by atomic mass is 16.2. The molecule has 0 radical (unpaired) electrons. The number of carbonyl (C=O) groups excluding carboxylic acids is 1. The van der Waals surface area contributed by atoms with Gasteiger partial charge < -0.3 is 4.90 Å². The van der Waals surface area contributed by atoms with Crippen molar-refractivity contribution in [3.8, 4) is 0 Å². The molecule has 2 heterocycles. The van der Waals surface area contributed by atoms with Crippen LogP contribution in [0, 0.1) is 6.92 Å². The molecule has 1 aliphatic carbocycles. The van der Waals surface area contributed by atoms with Crippen LogP contribution in [0.5, 0.6) is 0 Å². The molecule has 23 heavy (non-hydrogen) atoms. The molecule has 1 fully saturated rings. The van der Waals surface area contributed by atoms with Crippen molar-refractivity contribution < 1.29 is 4.79 Å². The minimum Gasteiger partial charge on any atom is -0.330 e. The second-order valence-electron chi connectivity index (χ2n) is 6.67. The minimum atomic E-state index is 0.00130. The lowest BCUT2D eigenvalue weighted by atomic mass is 9.93. The van der Waals surface area contributed by atoms with Crippen molar-refractivity contribution >= 4 is 5.91 Å². The van der Waals surface area contributed by atoms with Crippen LogP contribution in [-0.2, 0) is 6.42 Å². The predicted octanol–water partition coefficient (Wildman–Crippen LogP) is 3.42. The molecule has 4 heteroatoms. The molecule has 1 unspecified atom stereocenters. The maximum Gasteiger partial charge on any atom is 0.274 e. The van der Waals surface area contributed by atoms with E-state index in [4.69, 9.17) is 0 Å².